The second-order valence-corrected chi connectivity index (χ2v) is 3.89. The van der Waals surface area contributed by atoms with Crippen molar-refractivity contribution in [3.8, 4) is 11.1 Å². The van der Waals surface area contributed by atoms with Crippen molar-refractivity contribution in [2.45, 2.75) is 20.4 Å². The lowest BCUT2D eigenvalue weighted by Gasteiger charge is -2.04. The Kier molecular flexibility index (Phi) is 2.91. The van der Waals surface area contributed by atoms with E-state index in [9.17, 15) is 4.79 Å². The Balaban J connectivity index is 2.55. The van der Waals surface area contributed by atoms with Gasteiger partial charge in [0.15, 0.2) is 6.29 Å². The fourth-order valence-electron chi connectivity index (χ4n) is 1.95. The van der Waals surface area contributed by atoms with E-state index in [2.05, 4.69) is 19.1 Å². The molecule has 0 atom stereocenters. The van der Waals surface area contributed by atoms with Gasteiger partial charge in [-0.2, -0.15) is 0 Å². The minimum Gasteiger partial charge on any atom is -0.345 e. The molecule has 1 aromatic heterocycles. The highest BCUT2D eigenvalue weighted by Crippen LogP contribution is 2.24. The number of rotatable bonds is 3. The van der Waals surface area contributed by atoms with E-state index in [-0.39, 0.29) is 0 Å². The summed E-state index contributed by atoms with van der Waals surface area (Å²) in [5.41, 5.74) is 4.08. The largest absolute Gasteiger partial charge is 0.345 e. The minimum atomic E-state index is 0.758. The van der Waals surface area contributed by atoms with Gasteiger partial charge < -0.3 is 4.57 Å². The molecule has 0 aliphatic heterocycles. The van der Waals surface area contributed by atoms with Crippen LogP contribution in [0.4, 0.5) is 0 Å². The smallest absolute Gasteiger partial charge is 0.167 e. The van der Waals surface area contributed by atoms with Crippen LogP contribution in [-0.2, 0) is 6.54 Å². The van der Waals surface area contributed by atoms with E-state index < -0.39 is 0 Å². The monoisotopic (exact) mass is 213 g/mol. The van der Waals surface area contributed by atoms with Gasteiger partial charge >= 0.3 is 0 Å². The first kappa shape index (κ1) is 10.7. The molecule has 0 bridgehead atoms. The van der Waals surface area contributed by atoms with Gasteiger partial charge in [0, 0.05) is 18.3 Å². The first-order chi connectivity index (χ1) is 7.76. The molecule has 2 heteroatoms. The lowest BCUT2D eigenvalue weighted by atomic mass is 10.0. The van der Waals surface area contributed by atoms with E-state index in [4.69, 9.17) is 0 Å². The summed E-state index contributed by atoms with van der Waals surface area (Å²) in [6.45, 7) is 4.91. The van der Waals surface area contributed by atoms with Gasteiger partial charge in [0.05, 0.1) is 5.69 Å². The highest BCUT2D eigenvalue weighted by atomic mass is 16.1. The van der Waals surface area contributed by atoms with Crippen molar-refractivity contribution in [2.75, 3.05) is 0 Å². The van der Waals surface area contributed by atoms with E-state index in [1.807, 2.05) is 35.9 Å². The number of carbonyl (C=O) groups excluding carboxylic acids is 1. The van der Waals surface area contributed by atoms with E-state index in [1.54, 1.807) is 0 Å². The highest BCUT2D eigenvalue weighted by molar-refractivity contribution is 5.86. The summed E-state index contributed by atoms with van der Waals surface area (Å²) >= 11 is 0. The van der Waals surface area contributed by atoms with Gasteiger partial charge in [-0.1, -0.05) is 29.8 Å². The van der Waals surface area contributed by atoms with Crippen molar-refractivity contribution >= 4 is 6.29 Å². The molecular formula is C14H15NO. The standard InChI is InChI=1S/C14H15NO/c1-3-15-8-7-13(14(15)10-16)12-6-4-5-11(2)9-12/h4-10H,3H2,1-2H3. The highest BCUT2D eigenvalue weighted by Gasteiger charge is 2.08. The van der Waals surface area contributed by atoms with Crippen LogP contribution in [0.25, 0.3) is 11.1 Å². The fraction of sp³-hybridized carbons (Fsp3) is 0.214. The van der Waals surface area contributed by atoms with Gasteiger partial charge in [-0.25, -0.2) is 0 Å². The molecule has 0 amide bonds. The van der Waals surface area contributed by atoms with Crippen molar-refractivity contribution in [1.29, 1.82) is 0 Å². The average Bonchev–Trinajstić information content (AvgIpc) is 2.71. The normalized spacial score (nSPS) is 10.4. The summed E-state index contributed by atoms with van der Waals surface area (Å²) in [7, 11) is 0. The number of aromatic nitrogens is 1. The topological polar surface area (TPSA) is 22.0 Å². The second-order valence-electron chi connectivity index (χ2n) is 3.89. The Bertz CT molecular complexity index is 511. The minimum absolute atomic E-state index is 0.758. The van der Waals surface area contributed by atoms with Crippen LogP contribution >= 0.6 is 0 Å². The summed E-state index contributed by atoms with van der Waals surface area (Å²) in [6.07, 6.45) is 2.89. The average molecular weight is 213 g/mol. The molecule has 0 spiro atoms. The van der Waals surface area contributed by atoms with Crippen molar-refractivity contribution in [3.05, 3.63) is 47.8 Å². The molecule has 1 aromatic carbocycles. The predicted octanol–water partition coefficient (Wildman–Crippen LogP) is 3.30. The number of carbonyl (C=O) groups is 1. The summed E-state index contributed by atoms with van der Waals surface area (Å²) in [6, 6.07) is 10.2. The summed E-state index contributed by atoms with van der Waals surface area (Å²) in [5, 5.41) is 0. The van der Waals surface area contributed by atoms with Crippen LogP contribution in [0.2, 0.25) is 0 Å². The quantitative estimate of drug-likeness (QED) is 0.717. The lowest BCUT2D eigenvalue weighted by molar-refractivity contribution is 0.111. The Morgan fingerprint density at radius 2 is 2.12 bits per heavy atom. The van der Waals surface area contributed by atoms with Gasteiger partial charge in [0.1, 0.15) is 0 Å². The molecule has 0 aliphatic rings. The van der Waals surface area contributed by atoms with E-state index in [0.29, 0.717) is 0 Å². The Morgan fingerprint density at radius 3 is 2.75 bits per heavy atom. The van der Waals surface area contributed by atoms with Crippen molar-refractivity contribution in [3.63, 3.8) is 0 Å². The third kappa shape index (κ3) is 1.78. The molecule has 0 saturated heterocycles. The van der Waals surface area contributed by atoms with Crippen LogP contribution in [0.5, 0.6) is 0 Å². The summed E-state index contributed by atoms with van der Waals surface area (Å²) < 4.78 is 1.96. The number of hydrogen-bond donors (Lipinski definition) is 0. The number of benzene rings is 1. The molecule has 82 valence electrons. The Hall–Kier alpha value is -1.83. The SMILES string of the molecule is CCn1ccc(-c2cccc(C)c2)c1C=O. The predicted molar refractivity (Wildman–Crippen MR) is 65.7 cm³/mol. The zero-order chi connectivity index (χ0) is 11.5. The van der Waals surface area contributed by atoms with Gasteiger partial charge in [-0.15, -0.1) is 0 Å². The third-order valence-electron chi connectivity index (χ3n) is 2.79. The molecule has 0 saturated carbocycles. The van der Waals surface area contributed by atoms with Gasteiger partial charge in [-0.3, -0.25) is 4.79 Å². The van der Waals surface area contributed by atoms with Crippen molar-refractivity contribution < 1.29 is 4.79 Å². The van der Waals surface area contributed by atoms with E-state index >= 15 is 0 Å². The molecule has 0 unspecified atom stereocenters. The molecule has 2 rings (SSSR count). The molecule has 0 aliphatic carbocycles. The fourth-order valence-corrected chi connectivity index (χ4v) is 1.95. The maximum Gasteiger partial charge on any atom is 0.167 e. The van der Waals surface area contributed by atoms with Crippen molar-refractivity contribution in [2.24, 2.45) is 0 Å². The maximum atomic E-state index is 11.1. The van der Waals surface area contributed by atoms with Crippen LogP contribution < -0.4 is 0 Å². The molecule has 16 heavy (non-hydrogen) atoms. The first-order valence-corrected chi connectivity index (χ1v) is 5.47. The molecular weight excluding hydrogens is 198 g/mol. The van der Waals surface area contributed by atoms with Gasteiger partial charge in [0.25, 0.3) is 0 Å². The molecule has 2 aromatic rings. The molecule has 1 heterocycles. The second kappa shape index (κ2) is 4.35. The van der Waals surface area contributed by atoms with E-state index in [1.165, 1.54) is 5.56 Å². The van der Waals surface area contributed by atoms with Crippen molar-refractivity contribution in [1.82, 2.24) is 4.57 Å². The molecule has 0 fully saturated rings. The van der Waals surface area contributed by atoms with Crippen LogP contribution in [0, 0.1) is 6.92 Å². The summed E-state index contributed by atoms with van der Waals surface area (Å²) in [4.78, 5) is 11.1. The van der Waals surface area contributed by atoms with Crippen LogP contribution in [0.1, 0.15) is 23.0 Å². The first-order valence-electron chi connectivity index (χ1n) is 5.47. The van der Waals surface area contributed by atoms with Gasteiger partial charge in [0.2, 0.25) is 0 Å². The van der Waals surface area contributed by atoms with Crippen LogP contribution in [0.3, 0.4) is 0 Å². The molecule has 0 N–H and O–H groups in total. The number of aldehydes is 1. The maximum absolute atomic E-state index is 11.1. The number of aryl methyl sites for hydroxylation is 2. The van der Waals surface area contributed by atoms with Crippen LogP contribution in [-0.4, -0.2) is 10.9 Å². The molecule has 0 radical (unpaired) electrons. The Labute approximate surface area is 95.5 Å². The van der Waals surface area contributed by atoms with E-state index in [0.717, 1.165) is 29.7 Å². The lowest BCUT2D eigenvalue weighted by Crippen LogP contribution is -1.98. The molecule has 2 nitrogen and oxygen atoms in total. The zero-order valence-electron chi connectivity index (χ0n) is 9.60. The van der Waals surface area contributed by atoms with Crippen LogP contribution in [0.15, 0.2) is 36.5 Å². The summed E-state index contributed by atoms with van der Waals surface area (Å²) in [5.74, 6) is 0. The number of hydrogen-bond acceptors (Lipinski definition) is 1. The zero-order valence-corrected chi connectivity index (χ0v) is 9.60. The van der Waals surface area contributed by atoms with Gasteiger partial charge in [-0.05, 0) is 25.5 Å². The Morgan fingerprint density at radius 1 is 1.31 bits per heavy atom. The number of nitrogens with zero attached hydrogens (tertiary/aromatic N) is 1. The third-order valence-corrected chi connectivity index (χ3v) is 2.79.